The molecule has 0 fully saturated rings. The fourth-order valence-electron chi connectivity index (χ4n) is 3.27. The maximum absolute atomic E-state index is 14.0. The fourth-order valence-corrected chi connectivity index (χ4v) is 3.27. The van der Waals surface area contributed by atoms with Crippen molar-refractivity contribution in [3.8, 4) is 0 Å². The van der Waals surface area contributed by atoms with Gasteiger partial charge in [0.1, 0.15) is 5.82 Å². The summed E-state index contributed by atoms with van der Waals surface area (Å²) in [5, 5.41) is 12.1. The van der Waals surface area contributed by atoms with Gasteiger partial charge < -0.3 is 16.2 Å². The Labute approximate surface area is 154 Å². The van der Waals surface area contributed by atoms with Crippen molar-refractivity contribution in [2.45, 2.75) is 24.8 Å². The summed E-state index contributed by atoms with van der Waals surface area (Å²) < 4.78 is 40.6. The number of halogens is 3. The molecule has 0 aliphatic heterocycles. The molecule has 0 radical (unpaired) electrons. The van der Waals surface area contributed by atoms with Gasteiger partial charge in [0.15, 0.2) is 11.6 Å². The molecule has 0 amide bonds. The average Bonchev–Trinajstić information content (AvgIpc) is 2.64. The number of hydrogen-bond acceptors (Lipinski definition) is 3. The van der Waals surface area contributed by atoms with Gasteiger partial charge in [0.2, 0.25) is 0 Å². The van der Waals surface area contributed by atoms with Crippen molar-refractivity contribution in [3.63, 3.8) is 0 Å². The molecule has 0 aromatic heterocycles. The lowest BCUT2D eigenvalue weighted by molar-refractivity contribution is 0.0697. The van der Waals surface area contributed by atoms with Crippen molar-refractivity contribution < 1.29 is 23.1 Å². The van der Waals surface area contributed by atoms with Crippen LogP contribution in [0, 0.1) is 17.5 Å². The standard InChI is InChI=1S/C20H19F3N2O2/c21-16-9-18(23)17(22)8-15(16)14-6-1-11(7-19(14)24)10-25-13-4-2-12(3-5-13)20(26)27/h1-5,8-9,14,19,25H,6-7,10,24H2,(H,26,27). The van der Waals surface area contributed by atoms with Crippen LogP contribution in [-0.4, -0.2) is 23.7 Å². The number of hydrogen-bond donors (Lipinski definition) is 3. The number of benzene rings is 2. The molecule has 2 unspecified atom stereocenters. The Kier molecular flexibility index (Phi) is 5.51. The number of carbonyl (C=O) groups is 1. The van der Waals surface area contributed by atoms with Gasteiger partial charge in [-0.05, 0) is 48.7 Å². The van der Waals surface area contributed by atoms with Crippen LogP contribution in [0.15, 0.2) is 48.0 Å². The second-order valence-electron chi connectivity index (χ2n) is 6.60. The molecular formula is C20H19F3N2O2. The third-order valence-corrected chi connectivity index (χ3v) is 4.77. The summed E-state index contributed by atoms with van der Waals surface area (Å²) in [5.41, 5.74) is 8.24. The highest BCUT2D eigenvalue weighted by Gasteiger charge is 2.27. The minimum atomic E-state index is -1.21. The summed E-state index contributed by atoms with van der Waals surface area (Å²) >= 11 is 0. The van der Waals surface area contributed by atoms with Gasteiger partial charge in [-0.1, -0.05) is 11.6 Å². The molecule has 4 N–H and O–H groups in total. The Hall–Kier alpha value is -2.80. The number of carboxylic acids is 1. The summed E-state index contributed by atoms with van der Waals surface area (Å²) in [5.74, 6) is -4.49. The molecule has 0 heterocycles. The first-order chi connectivity index (χ1) is 12.8. The van der Waals surface area contributed by atoms with Crippen LogP contribution < -0.4 is 11.1 Å². The van der Waals surface area contributed by atoms with Crippen LogP contribution in [0.2, 0.25) is 0 Å². The smallest absolute Gasteiger partial charge is 0.335 e. The summed E-state index contributed by atoms with van der Waals surface area (Å²) in [6, 6.07) is 7.38. The average molecular weight is 376 g/mol. The molecule has 2 aromatic carbocycles. The van der Waals surface area contributed by atoms with Crippen LogP contribution in [0.25, 0.3) is 0 Å². The summed E-state index contributed by atoms with van der Waals surface area (Å²) in [6.07, 6.45) is 2.84. The number of nitrogens with one attached hydrogen (secondary N) is 1. The van der Waals surface area contributed by atoms with Crippen LogP contribution in [0.1, 0.15) is 34.7 Å². The van der Waals surface area contributed by atoms with E-state index < -0.39 is 35.4 Å². The number of anilines is 1. The molecule has 142 valence electrons. The molecule has 1 aliphatic carbocycles. The topological polar surface area (TPSA) is 75.3 Å². The molecule has 0 saturated carbocycles. The largest absolute Gasteiger partial charge is 0.478 e. The van der Waals surface area contributed by atoms with E-state index in [4.69, 9.17) is 10.8 Å². The molecule has 4 nitrogen and oxygen atoms in total. The lowest BCUT2D eigenvalue weighted by Gasteiger charge is -2.29. The second-order valence-corrected chi connectivity index (χ2v) is 6.60. The van der Waals surface area contributed by atoms with Gasteiger partial charge in [-0.25, -0.2) is 18.0 Å². The molecule has 2 aromatic rings. The predicted molar refractivity (Wildman–Crippen MR) is 96.2 cm³/mol. The fraction of sp³-hybridized carbons (Fsp3) is 0.250. The van der Waals surface area contributed by atoms with E-state index in [1.807, 2.05) is 6.08 Å². The van der Waals surface area contributed by atoms with Gasteiger partial charge in [0.05, 0.1) is 5.56 Å². The highest BCUT2D eigenvalue weighted by atomic mass is 19.2. The van der Waals surface area contributed by atoms with Crippen molar-refractivity contribution in [2.75, 3.05) is 11.9 Å². The zero-order chi connectivity index (χ0) is 19.6. The zero-order valence-corrected chi connectivity index (χ0v) is 14.4. The maximum atomic E-state index is 14.0. The van der Waals surface area contributed by atoms with E-state index in [0.717, 1.165) is 17.3 Å². The van der Waals surface area contributed by atoms with Crippen LogP contribution in [-0.2, 0) is 0 Å². The minimum absolute atomic E-state index is 0.0916. The number of nitrogens with two attached hydrogens (primary N) is 1. The Morgan fingerprint density at radius 2 is 1.78 bits per heavy atom. The summed E-state index contributed by atoms with van der Waals surface area (Å²) in [7, 11) is 0. The van der Waals surface area contributed by atoms with E-state index in [9.17, 15) is 18.0 Å². The van der Waals surface area contributed by atoms with Crippen LogP contribution >= 0.6 is 0 Å². The van der Waals surface area contributed by atoms with E-state index >= 15 is 0 Å². The highest BCUT2D eigenvalue weighted by Crippen LogP contribution is 2.33. The number of carboxylic acid groups (broad SMARTS) is 1. The Balaban J connectivity index is 1.65. The Bertz CT molecular complexity index is 882. The molecule has 27 heavy (non-hydrogen) atoms. The number of aromatic carboxylic acids is 1. The molecule has 2 atom stereocenters. The van der Waals surface area contributed by atoms with Crippen molar-refractivity contribution in [3.05, 3.63) is 76.6 Å². The Morgan fingerprint density at radius 3 is 2.41 bits per heavy atom. The van der Waals surface area contributed by atoms with Crippen molar-refractivity contribution in [2.24, 2.45) is 5.73 Å². The molecule has 7 heteroatoms. The van der Waals surface area contributed by atoms with Gasteiger partial charge in [-0.2, -0.15) is 0 Å². The number of allylic oxidation sites excluding steroid dienone is 1. The third-order valence-electron chi connectivity index (χ3n) is 4.77. The minimum Gasteiger partial charge on any atom is -0.478 e. The molecule has 0 spiro atoms. The first kappa shape index (κ1) is 19.0. The summed E-state index contributed by atoms with van der Waals surface area (Å²) in [6.45, 7) is 0.507. The molecule has 3 rings (SSSR count). The maximum Gasteiger partial charge on any atom is 0.335 e. The van der Waals surface area contributed by atoms with Gasteiger partial charge in [0.25, 0.3) is 0 Å². The van der Waals surface area contributed by atoms with Gasteiger partial charge in [-0.3, -0.25) is 0 Å². The Morgan fingerprint density at radius 1 is 1.11 bits per heavy atom. The SMILES string of the molecule is NC1CC(CNc2ccc(C(=O)O)cc2)=CCC1c1cc(F)c(F)cc1F. The highest BCUT2D eigenvalue weighted by molar-refractivity contribution is 5.88. The molecular weight excluding hydrogens is 357 g/mol. The van der Waals surface area contributed by atoms with Crippen LogP contribution in [0.4, 0.5) is 18.9 Å². The quantitative estimate of drug-likeness (QED) is 0.544. The number of rotatable bonds is 5. The molecule has 0 bridgehead atoms. The lowest BCUT2D eigenvalue weighted by atomic mass is 9.80. The zero-order valence-electron chi connectivity index (χ0n) is 14.4. The van der Waals surface area contributed by atoms with Gasteiger partial charge in [0, 0.05) is 30.3 Å². The van der Waals surface area contributed by atoms with Gasteiger partial charge in [-0.15, -0.1) is 0 Å². The van der Waals surface area contributed by atoms with E-state index in [1.165, 1.54) is 12.1 Å². The molecule has 0 saturated heterocycles. The lowest BCUT2D eigenvalue weighted by Crippen LogP contribution is -2.33. The first-order valence-corrected chi connectivity index (χ1v) is 8.50. The van der Waals surface area contributed by atoms with Crippen molar-refractivity contribution in [1.82, 2.24) is 0 Å². The van der Waals surface area contributed by atoms with E-state index in [2.05, 4.69) is 5.32 Å². The van der Waals surface area contributed by atoms with Crippen LogP contribution in [0.3, 0.4) is 0 Å². The van der Waals surface area contributed by atoms with Gasteiger partial charge >= 0.3 is 5.97 Å². The van der Waals surface area contributed by atoms with Crippen molar-refractivity contribution >= 4 is 11.7 Å². The van der Waals surface area contributed by atoms with E-state index in [-0.39, 0.29) is 11.1 Å². The molecule has 1 aliphatic rings. The van der Waals surface area contributed by atoms with E-state index in [1.54, 1.807) is 12.1 Å². The van der Waals surface area contributed by atoms with Crippen LogP contribution in [0.5, 0.6) is 0 Å². The normalized spacial score (nSPS) is 19.5. The van der Waals surface area contributed by atoms with E-state index in [0.29, 0.717) is 25.5 Å². The second kappa shape index (κ2) is 7.84. The first-order valence-electron chi connectivity index (χ1n) is 8.50. The summed E-state index contributed by atoms with van der Waals surface area (Å²) in [4.78, 5) is 10.9. The monoisotopic (exact) mass is 376 g/mol. The third kappa shape index (κ3) is 4.31. The predicted octanol–water partition coefficient (Wildman–Crippen LogP) is 4.05. The van der Waals surface area contributed by atoms with Crippen molar-refractivity contribution in [1.29, 1.82) is 0 Å².